The van der Waals surface area contributed by atoms with Gasteiger partial charge in [-0.3, -0.25) is 0 Å². The third kappa shape index (κ3) is 1.55. The van der Waals surface area contributed by atoms with E-state index in [1.54, 1.807) is 0 Å². The van der Waals surface area contributed by atoms with E-state index in [2.05, 4.69) is 27.7 Å². The van der Waals surface area contributed by atoms with Crippen LogP contribution in [0.25, 0.3) is 0 Å². The van der Waals surface area contributed by atoms with Gasteiger partial charge in [-0.2, -0.15) is 0 Å². The van der Waals surface area contributed by atoms with E-state index in [-0.39, 0.29) is 0 Å². The van der Waals surface area contributed by atoms with Crippen LogP contribution >= 0.6 is 0 Å². The topological polar surface area (TPSA) is 9.23 Å². The van der Waals surface area contributed by atoms with Crippen molar-refractivity contribution in [3.63, 3.8) is 0 Å². The molecular formula is C17H30O. The van der Waals surface area contributed by atoms with Crippen molar-refractivity contribution in [2.75, 3.05) is 13.2 Å². The van der Waals surface area contributed by atoms with Gasteiger partial charge < -0.3 is 4.74 Å². The van der Waals surface area contributed by atoms with Crippen LogP contribution in [0.2, 0.25) is 0 Å². The molecule has 2 saturated carbocycles. The first-order chi connectivity index (χ1) is 8.45. The van der Waals surface area contributed by atoms with E-state index < -0.39 is 0 Å². The van der Waals surface area contributed by atoms with Crippen LogP contribution in [0.1, 0.15) is 66.2 Å². The summed E-state index contributed by atoms with van der Waals surface area (Å²) in [4.78, 5) is 0. The molecule has 1 nitrogen and oxygen atoms in total. The van der Waals surface area contributed by atoms with Crippen LogP contribution in [-0.2, 0) is 4.74 Å². The lowest BCUT2D eigenvalue weighted by Gasteiger charge is -2.60. The molecular weight excluding hydrogens is 220 g/mol. The van der Waals surface area contributed by atoms with E-state index in [9.17, 15) is 0 Å². The summed E-state index contributed by atoms with van der Waals surface area (Å²) in [6.45, 7) is 12.1. The van der Waals surface area contributed by atoms with E-state index in [1.165, 1.54) is 38.5 Å². The lowest BCUT2D eigenvalue weighted by Crippen LogP contribution is -2.55. The summed E-state index contributed by atoms with van der Waals surface area (Å²) in [6, 6.07) is 0. The number of ether oxygens (including phenoxy) is 1. The van der Waals surface area contributed by atoms with Crippen molar-refractivity contribution < 1.29 is 4.74 Å². The molecule has 1 aliphatic heterocycles. The molecule has 0 radical (unpaired) electrons. The highest BCUT2D eigenvalue weighted by molar-refractivity contribution is 5.09. The second-order valence-electron chi connectivity index (χ2n) is 8.22. The molecule has 3 rings (SSSR count). The predicted octanol–water partition coefficient (Wildman–Crippen LogP) is 4.66. The average Bonchev–Trinajstić information content (AvgIpc) is 2.73. The van der Waals surface area contributed by atoms with Crippen molar-refractivity contribution >= 4 is 0 Å². The van der Waals surface area contributed by atoms with E-state index >= 15 is 0 Å². The number of fused-ring (bicyclic) bond motifs is 3. The molecule has 4 atom stereocenters. The summed E-state index contributed by atoms with van der Waals surface area (Å²) in [5.74, 6) is 1.75. The molecule has 0 aromatic carbocycles. The lowest BCUT2D eigenvalue weighted by molar-refractivity contribution is -0.115. The Kier molecular flexibility index (Phi) is 2.86. The highest BCUT2D eigenvalue weighted by Gasteiger charge is 2.60. The molecule has 4 unspecified atom stereocenters. The van der Waals surface area contributed by atoms with Crippen LogP contribution in [0, 0.1) is 28.1 Å². The maximum atomic E-state index is 5.97. The van der Waals surface area contributed by atoms with Gasteiger partial charge in [0.05, 0.1) is 13.2 Å². The Morgan fingerprint density at radius 2 is 1.83 bits per heavy atom. The molecule has 0 aromatic heterocycles. The van der Waals surface area contributed by atoms with Crippen molar-refractivity contribution in [1.29, 1.82) is 0 Å². The van der Waals surface area contributed by atoms with Gasteiger partial charge in [-0.25, -0.2) is 0 Å². The average molecular weight is 250 g/mol. The third-order valence-corrected chi connectivity index (χ3v) is 7.12. The highest BCUT2D eigenvalue weighted by atomic mass is 16.5. The molecule has 0 aromatic rings. The molecule has 2 aliphatic carbocycles. The van der Waals surface area contributed by atoms with Gasteiger partial charge in [0.1, 0.15) is 0 Å². The number of hydrogen-bond acceptors (Lipinski definition) is 1. The molecule has 1 heteroatoms. The second-order valence-corrected chi connectivity index (χ2v) is 8.22. The third-order valence-electron chi connectivity index (χ3n) is 7.12. The summed E-state index contributed by atoms with van der Waals surface area (Å²) in [7, 11) is 0. The minimum atomic E-state index is 0.526. The summed E-state index contributed by atoms with van der Waals surface area (Å²) in [5.41, 5.74) is 1.63. The number of hydrogen-bond donors (Lipinski definition) is 0. The van der Waals surface area contributed by atoms with Crippen LogP contribution in [0.15, 0.2) is 0 Å². The Morgan fingerprint density at radius 3 is 2.56 bits per heavy atom. The Morgan fingerprint density at radius 1 is 1.06 bits per heavy atom. The molecule has 0 bridgehead atoms. The Hall–Kier alpha value is -0.0400. The first-order valence-corrected chi connectivity index (χ1v) is 8.02. The van der Waals surface area contributed by atoms with Crippen LogP contribution in [0.3, 0.4) is 0 Å². The molecule has 0 amide bonds. The fourth-order valence-corrected chi connectivity index (χ4v) is 6.05. The number of rotatable bonds is 1. The maximum absolute atomic E-state index is 5.97. The van der Waals surface area contributed by atoms with Crippen molar-refractivity contribution in [2.45, 2.75) is 66.2 Å². The first kappa shape index (κ1) is 13.0. The van der Waals surface area contributed by atoms with Gasteiger partial charge >= 0.3 is 0 Å². The van der Waals surface area contributed by atoms with E-state index in [0.29, 0.717) is 16.2 Å². The maximum Gasteiger partial charge on any atom is 0.0526 e. The summed E-state index contributed by atoms with van der Waals surface area (Å²) in [5, 5.41) is 0. The molecule has 1 heterocycles. The molecule has 3 fully saturated rings. The van der Waals surface area contributed by atoms with Crippen molar-refractivity contribution in [3.8, 4) is 0 Å². The quantitative estimate of drug-likeness (QED) is 0.658. The van der Waals surface area contributed by atoms with Gasteiger partial charge in [-0.1, -0.05) is 34.1 Å². The van der Waals surface area contributed by atoms with Gasteiger partial charge in [-0.05, 0) is 60.2 Å². The molecule has 3 aliphatic rings. The Labute approximate surface area is 113 Å². The van der Waals surface area contributed by atoms with Crippen molar-refractivity contribution in [3.05, 3.63) is 0 Å². The fourth-order valence-electron chi connectivity index (χ4n) is 6.05. The standard InChI is InChI=1S/C17H30O/c1-5-17-10-7-13-15(2,3)8-6-9-16(13,4)14(17)11-18-12-17/h13-14H,5-12H2,1-4H3. The predicted molar refractivity (Wildman–Crippen MR) is 75.5 cm³/mol. The normalized spacial score (nSPS) is 50.7. The van der Waals surface area contributed by atoms with E-state index in [4.69, 9.17) is 4.74 Å². The molecule has 104 valence electrons. The Bertz CT molecular complexity index is 335. The SMILES string of the molecule is CCC12CCC3C(C)(C)CCCC3(C)C1COC2. The van der Waals surface area contributed by atoms with E-state index in [0.717, 1.165) is 25.0 Å². The second kappa shape index (κ2) is 3.98. The summed E-state index contributed by atoms with van der Waals surface area (Å²) < 4.78 is 5.97. The first-order valence-electron chi connectivity index (χ1n) is 8.02. The van der Waals surface area contributed by atoms with Crippen LogP contribution in [0.4, 0.5) is 0 Å². The Balaban J connectivity index is 1.98. The van der Waals surface area contributed by atoms with E-state index in [1.807, 2.05) is 0 Å². The van der Waals surface area contributed by atoms with Crippen LogP contribution < -0.4 is 0 Å². The molecule has 1 saturated heterocycles. The van der Waals surface area contributed by atoms with Gasteiger partial charge in [0.2, 0.25) is 0 Å². The van der Waals surface area contributed by atoms with Gasteiger partial charge in [0.15, 0.2) is 0 Å². The highest BCUT2D eigenvalue weighted by Crippen LogP contribution is 2.66. The van der Waals surface area contributed by atoms with Crippen molar-refractivity contribution in [1.82, 2.24) is 0 Å². The minimum absolute atomic E-state index is 0.526. The monoisotopic (exact) mass is 250 g/mol. The smallest absolute Gasteiger partial charge is 0.0526 e. The van der Waals surface area contributed by atoms with Crippen molar-refractivity contribution in [2.24, 2.45) is 28.1 Å². The molecule has 0 N–H and O–H groups in total. The van der Waals surface area contributed by atoms with Crippen LogP contribution in [0.5, 0.6) is 0 Å². The van der Waals surface area contributed by atoms with Gasteiger partial charge in [0.25, 0.3) is 0 Å². The molecule has 18 heavy (non-hydrogen) atoms. The molecule has 0 spiro atoms. The van der Waals surface area contributed by atoms with Gasteiger partial charge in [-0.15, -0.1) is 0 Å². The fraction of sp³-hybridized carbons (Fsp3) is 1.00. The van der Waals surface area contributed by atoms with Gasteiger partial charge in [0, 0.05) is 0 Å². The lowest BCUT2D eigenvalue weighted by atomic mass is 9.43. The summed E-state index contributed by atoms with van der Waals surface area (Å²) in [6.07, 6.45) is 8.47. The largest absolute Gasteiger partial charge is 0.381 e. The van der Waals surface area contributed by atoms with Crippen LogP contribution in [-0.4, -0.2) is 13.2 Å². The zero-order valence-electron chi connectivity index (χ0n) is 12.7. The summed E-state index contributed by atoms with van der Waals surface area (Å²) >= 11 is 0. The zero-order chi connectivity index (χ0) is 13.0. The zero-order valence-corrected chi connectivity index (χ0v) is 12.7. The minimum Gasteiger partial charge on any atom is -0.381 e.